The van der Waals surface area contributed by atoms with Gasteiger partial charge in [0, 0.05) is 38.6 Å². The smallest absolute Gasteiger partial charge is 0.142 e. The molecule has 3 nitrogen and oxygen atoms in total. The molecule has 3 heteroatoms. The van der Waals surface area contributed by atoms with Gasteiger partial charge in [-0.05, 0) is 41.0 Å². The largest absolute Gasteiger partial charge is 0.464 e. The van der Waals surface area contributed by atoms with Crippen molar-refractivity contribution in [2.75, 3.05) is 0 Å². The van der Waals surface area contributed by atoms with Crippen LogP contribution < -0.4 is 0 Å². The standard InChI is InChI=1S/C39H28N2O/c1-39(2)32-19-21-33(26-14-8-4-9-15-26)40-36(32)35-29-22-23-42-37(29)30(25-12-6-3-7-13-25)24-31(35)28-18-20-34(41-38(28)39)27-16-10-5-11-17-27/h3-24H,1-2H3. The molecular weight excluding hydrogens is 512 g/mol. The molecule has 3 aromatic heterocycles. The van der Waals surface area contributed by atoms with Crippen molar-refractivity contribution in [1.29, 1.82) is 0 Å². The van der Waals surface area contributed by atoms with E-state index in [1.54, 1.807) is 6.26 Å². The van der Waals surface area contributed by atoms with E-state index in [2.05, 4.69) is 123 Å². The fraction of sp³-hybridized carbons (Fsp3) is 0.0769. The molecule has 0 saturated carbocycles. The van der Waals surface area contributed by atoms with Crippen molar-refractivity contribution in [1.82, 2.24) is 9.97 Å². The maximum absolute atomic E-state index is 6.21. The fourth-order valence-electron chi connectivity index (χ4n) is 6.42. The predicted molar refractivity (Wildman–Crippen MR) is 171 cm³/mol. The molecule has 8 rings (SSSR count). The molecule has 0 aliphatic heterocycles. The molecule has 3 heterocycles. The van der Waals surface area contributed by atoms with E-state index in [0.717, 1.165) is 78.3 Å². The van der Waals surface area contributed by atoms with Crippen molar-refractivity contribution < 1.29 is 4.42 Å². The van der Waals surface area contributed by atoms with E-state index in [4.69, 9.17) is 14.4 Å². The van der Waals surface area contributed by atoms with Crippen molar-refractivity contribution in [2.24, 2.45) is 0 Å². The first-order valence-corrected chi connectivity index (χ1v) is 14.3. The molecule has 1 aliphatic rings. The zero-order valence-corrected chi connectivity index (χ0v) is 23.5. The molecule has 0 saturated heterocycles. The Morgan fingerprint density at radius 3 is 1.81 bits per heavy atom. The number of furan rings is 1. The van der Waals surface area contributed by atoms with E-state index in [9.17, 15) is 0 Å². The molecule has 0 amide bonds. The van der Waals surface area contributed by atoms with Crippen LogP contribution in [0.1, 0.15) is 25.1 Å². The first kappa shape index (κ1) is 24.5. The molecule has 0 radical (unpaired) electrons. The third kappa shape index (κ3) is 3.74. The van der Waals surface area contributed by atoms with E-state index in [0.29, 0.717) is 0 Å². The quantitative estimate of drug-likeness (QED) is 0.224. The average Bonchev–Trinajstić information content (AvgIpc) is 3.52. The Balaban J connectivity index is 1.50. The summed E-state index contributed by atoms with van der Waals surface area (Å²) in [6, 6.07) is 44.4. The Labute approximate surface area is 245 Å². The summed E-state index contributed by atoms with van der Waals surface area (Å²) in [5, 5.41) is 1.06. The van der Waals surface area contributed by atoms with E-state index < -0.39 is 5.41 Å². The second-order valence-electron chi connectivity index (χ2n) is 11.4. The molecule has 0 N–H and O–H groups in total. The highest BCUT2D eigenvalue weighted by Gasteiger charge is 2.37. The summed E-state index contributed by atoms with van der Waals surface area (Å²) < 4.78 is 6.21. The molecule has 0 fully saturated rings. The van der Waals surface area contributed by atoms with Crippen LogP contribution in [0.3, 0.4) is 0 Å². The first-order valence-electron chi connectivity index (χ1n) is 14.3. The second kappa shape index (κ2) is 9.39. The highest BCUT2D eigenvalue weighted by Crippen LogP contribution is 2.52. The third-order valence-electron chi connectivity index (χ3n) is 8.54. The minimum absolute atomic E-state index is 0.417. The molecule has 0 spiro atoms. The van der Waals surface area contributed by atoms with Gasteiger partial charge >= 0.3 is 0 Å². The van der Waals surface area contributed by atoms with E-state index >= 15 is 0 Å². The van der Waals surface area contributed by atoms with Gasteiger partial charge in [0.05, 0.1) is 29.0 Å². The van der Waals surface area contributed by atoms with Gasteiger partial charge in [0.25, 0.3) is 0 Å². The number of benzene rings is 4. The molecule has 7 aromatic rings. The average molecular weight is 541 g/mol. The Hall–Kier alpha value is -5.28. The molecule has 1 aliphatic carbocycles. The van der Waals surface area contributed by atoms with Crippen LogP contribution in [-0.2, 0) is 5.41 Å². The number of hydrogen-bond donors (Lipinski definition) is 0. The van der Waals surface area contributed by atoms with Gasteiger partial charge < -0.3 is 4.42 Å². The number of nitrogens with zero attached hydrogens (tertiary/aromatic N) is 2. The van der Waals surface area contributed by atoms with E-state index in [-0.39, 0.29) is 0 Å². The molecule has 0 atom stereocenters. The van der Waals surface area contributed by atoms with Gasteiger partial charge in [0.2, 0.25) is 0 Å². The maximum Gasteiger partial charge on any atom is 0.142 e. The fourth-order valence-corrected chi connectivity index (χ4v) is 6.42. The van der Waals surface area contributed by atoms with Crippen LogP contribution in [0.5, 0.6) is 0 Å². The summed E-state index contributed by atoms with van der Waals surface area (Å²) in [4.78, 5) is 10.8. The van der Waals surface area contributed by atoms with Crippen LogP contribution in [0.15, 0.2) is 138 Å². The Kier molecular flexibility index (Phi) is 5.48. The zero-order chi connectivity index (χ0) is 28.3. The van der Waals surface area contributed by atoms with Crippen LogP contribution in [0.4, 0.5) is 0 Å². The predicted octanol–water partition coefficient (Wildman–Crippen LogP) is 10.2. The Morgan fingerprint density at radius 1 is 0.548 bits per heavy atom. The molecule has 42 heavy (non-hydrogen) atoms. The third-order valence-corrected chi connectivity index (χ3v) is 8.54. The lowest BCUT2D eigenvalue weighted by Gasteiger charge is -2.27. The van der Waals surface area contributed by atoms with Crippen LogP contribution in [-0.4, -0.2) is 9.97 Å². The van der Waals surface area contributed by atoms with Gasteiger partial charge in [-0.15, -0.1) is 0 Å². The summed E-state index contributed by atoms with van der Waals surface area (Å²) in [6.07, 6.45) is 1.80. The summed E-state index contributed by atoms with van der Waals surface area (Å²) >= 11 is 0. The lowest BCUT2D eigenvalue weighted by molar-refractivity contribution is 0.617. The van der Waals surface area contributed by atoms with Crippen molar-refractivity contribution in [3.63, 3.8) is 0 Å². The maximum atomic E-state index is 6.21. The number of rotatable bonds is 3. The Bertz CT molecular complexity index is 2090. The zero-order valence-electron chi connectivity index (χ0n) is 23.5. The minimum atomic E-state index is -0.417. The van der Waals surface area contributed by atoms with Crippen molar-refractivity contribution in [3.05, 3.63) is 145 Å². The van der Waals surface area contributed by atoms with Crippen LogP contribution >= 0.6 is 0 Å². The molecular formula is C39H28N2O. The van der Waals surface area contributed by atoms with Gasteiger partial charge in [0.1, 0.15) is 5.58 Å². The Morgan fingerprint density at radius 2 is 1.14 bits per heavy atom. The minimum Gasteiger partial charge on any atom is -0.464 e. The highest BCUT2D eigenvalue weighted by molar-refractivity contribution is 6.09. The summed E-state index contributed by atoms with van der Waals surface area (Å²) in [7, 11) is 0. The second-order valence-corrected chi connectivity index (χ2v) is 11.4. The van der Waals surface area contributed by atoms with Crippen molar-refractivity contribution in [2.45, 2.75) is 19.3 Å². The van der Waals surface area contributed by atoms with Crippen LogP contribution in [0.2, 0.25) is 0 Å². The van der Waals surface area contributed by atoms with Crippen molar-refractivity contribution >= 4 is 11.0 Å². The summed E-state index contributed by atoms with van der Waals surface area (Å²) in [5.74, 6) is 0. The lowest BCUT2D eigenvalue weighted by Crippen LogP contribution is -2.22. The van der Waals surface area contributed by atoms with Crippen molar-refractivity contribution in [3.8, 4) is 56.0 Å². The number of hydrogen-bond acceptors (Lipinski definition) is 3. The van der Waals surface area contributed by atoms with Crippen LogP contribution in [0.25, 0.3) is 67.0 Å². The van der Waals surface area contributed by atoms with Crippen LogP contribution in [0, 0.1) is 0 Å². The molecule has 0 unspecified atom stereocenters. The van der Waals surface area contributed by atoms with Gasteiger partial charge in [-0.25, -0.2) is 4.98 Å². The van der Waals surface area contributed by atoms with Gasteiger partial charge in [-0.2, -0.15) is 0 Å². The number of pyridine rings is 2. The summed E-state index contributed by atoms with van der Waals surface area (Å²) in [6.45, 7) is 4.54. The topological polar surface area (TPSA) is 38.9 Å². The lowest BCUT2D eigenvalue weighted by atomic mass is 9.79. The SMILES string of the molecule is CC1(C)c2ccc(-c3ccccc3)nc2-c2c(cc(-c3ccccc3)c3occc23)-c2ccc(-c3ccccc3)nc21. The number of aromatic nitrogens is 2. The molecule has 4 aromatic carbocycles. The monoisotopic (exact) mass is 540 g/mol. The molecule has 0 bridgehead atoms. The van der Waals surface area contributed by atoms with Gasteiger partial charge in [-0.3, -0.25) is 4.98 Å². The molecule has 200 valence electrons. The highest BCUT2D eigenvalue weighted by atomic mass is 16.3. The van der Waals surface area contributed by atoms with Gasteiger partial charge in [0.15, 0.2) is 0 Å². The van der Waals surface area contributed by atoms with E-state index in [1.165, 1.54) is 0 Å². The first-order chi connectivity index (χ1) is 20.6. The van der Waals surface area contributed by atoms with Gasteiger partial charge in [-0.1, -0.05) is 117 Å². The number of fused-ring (bicyclic) bond motifs is 7. The normalized spacial score (nSPS) is 13.2. The van der Waals surface area contributed by atoms with E-state index in [1.807, 2.05) is 18.2 Å². The summed E-state index contributed by atoms with van der Waals surface area (Å²) in [5.41, 5.74) is 13.2.